The first-order valence-corrected chi connectivity index (χ1v) is 10.8. The topological polar surface area (TPSA) is 26.3 Å². The van der Waals surface area contributed by atoms with Crippen LogP contribution >= 0.6 is 0 Å². The largest absolute Gasteiger partial charge is 0.426 e. The lowest BCUT2D eigenvalue weighted by Gasteiger charge is -2.66. The molecule has 4 fully saturated rings. The summed E-state index contributed by atoms with van der Waals surface area (Å²) in [6.07, 6.45) is 11.3. The molecule has 2 atom stereocenters. The summed E-state index contributed by atoms with van der Waals surface area (Å²) in [6, 6.07) is 6.84. The molecule has 2 unspecified atom stereocenters. The van der Waals surface area contributed by atoms with Crippen molar-refractivity contribution in [2.45, 2.75) is 51.9 Å². The molecule has 2 aromatic carbocycles. The summed E-state index contributed by atoms with van der Waals surface area (Å²) >= 11 is 0. The number of ether oxygens (including phenoxy) is 1. The monoisotopic (exact) mass is 388 g/mol. The third-order valence-electron chi connectivity index (χ3n) is 8.82. The van der Waals surface area contributed by atoms with Gasteiger partial charge in [-0.05, 0) is 90.3 Å². The number of carbonyl (C=O) groups excluding carboxylic acids is 1. The quantitative estimate of drug-likeness (QED) is 0.376. The smallest absolute Gasteiger partial charge is 0.317 e. The van der Waals surface area contributed by atoms with E-state index in [4.69, 9.17) is 11.2 Å². The average molecular weight is 388 g/mol. The second-order valence-electron chi connectivity index (χ2n) is 10.3. The molecule has 0 radical (unpaired) electrons. The summed E-state index contributed by atoms with van der Waals surface area (Å²) < 4.78 is 20.3. The van der Waals surface area contributed by atoms with E-state index in [1.165, 1.54) is 18.9 Å². The Balaban J connectivity index is 1.38. The van der Waals surface area contributed by atoms with Crippen LogP contribution in [0.2, 0.25) is 0 Å². The number of hydrogen-bond acceptors (Lipinski definition) is 2. The lowest BCUT2D eigenvalue weighted by atomic mass is 9.38. The van der Waals surface area contributed by atoms with Crippen LogP contribution in [0.5, 0.6) is 5.75 Å². The van der Waals surface area contributed by atoms with E-state index in [0.717, 1.165) is 53.4 Å². The molecule has 3 heteroatoms. The van der Waals surface area contributed by atoms with Gasteiger partial charge in [0.15, 0.2) is 0 Å². The molecule has 0 heterocycles. The molecule has 4 saturated carbocycles. The van der Waals surface area contributed by atoms with Gasteiger partial charge >= 0.3 is 5.97 Å². The van der Waals surface area contributed by atoms with Crippen molar-refractivity contribution >= 4 is 16.7 Å². The molecule has 0 amide bonds. The Kier molecular flexibility index (Phi) is 3.27. The minimum Gasteiger partial charge on any atom is -0.426 e. The number of terminal acetylenes is 1. The zero-order chi connectivity index (χ0) is 20.1. The SMILES string of the molecule is C#Cc1c(F)ccc2cc(OC(=O)C34CC5CC6CC(C3)C65C4)cc(C(C)C)c12. The fraction of sp³-hybridized carbons (Fsp3) is 0.500. The number of esters is 1. The van der Waals surface area contributed by atoms with E-state index >= 15 is 0 Å². The molecule has 6 rings (SSSR count). The third kappa shape index (κ3) is 2.00. The zero-order valence-corrected chi connectivity index (χ0v) is 16.9. The van der Waals surface area contributed by atoms with Crippen LogP contribution in [-0.4, -0.2) is 5.97 Å². The molecular formula is C26H25FO2. The van der Waals surface area contributed by atoms with Gasteiger partial charge in [0.2, 0.25) is 0 Å². The molecule has 2 bridgehead atoms. The molecule has 2 aromatic rings. The maximum absolute atomic E-state index is 14.3. The van der Waals surface area contributed by atoms with E-state index < -0.39 is 0 Å². The van der Waals surface area contributed by atoms with Gasteiger partial charge in [0, 0.05) is 5.39 Å². The molecule has 1 spiro atoms. The third-order valence-corrected chi connectivity index (χ3v) is 8.82. The van der Waals surface area contributed by atoms with E-state index in [2.05, 4.69) is 5.92 Å². The summed E-state index contributed by atoms with van der Waals surface area (Å²) in [7, 11) is 0. The van der Waals surface area contributed by atoms with E-state index in [0.29, 0.717) is 11.2 Å². The first kappa shape index (κ1) is 17.5. The van der Waals surface area contributed by atoms with Crippen molar-refractivity contribution in [1.29, 1.82) is 0 Å². The van der Waals surface area contributed by atoms with Gasteiger partial charge in [0.25, 0.3) is 0 Å². The number of halogens is 1. The lowest BCUT2D eigenvalue weighted by Crippen LogP contribution is -2.59. The normalized spacial score (nSPS) is 35.8. The molecular weight excluding hydrogens is 363 g/mol. The number of benzene rings is 2. The summed E-state index contributed by atoms with van der Waals surface area (Å²) in [5.74, 6) is 5.12. The van der Waals surface area contributed by atoms with E-state index in [-0.39, 0.29) is 28.7 Å². The van der Waals surface area contributed by atoms with E-state index in [9.17, 15) is 9.18 Å². The van der Waals surface area contributed by atoms with Crippen LogP contribution in [-0.2, 0) is 4.79 Å². The Hall–Kier alpha value is -2.34. The van der Waals surface area contributed by atoms with Gasteiger partial charge in [-0.3, -0.25) is 4.79 Å². The number of hydrogen-bond donors (Lipinski definition) is 0. The van der Waals surface area contributed by atoms with Gasteiger partial charge in [0.1, 0.15) is 11.6 Å². The Bertz CT molecular complexity index is 1110. The fourth-order valence-electron chi connectivity index (χ4n) is 7.63. The summed E-state index contributed by atoms with van der Waals surface area (Å²) in [6.45, 7) is 4.10. The van der Waals surface area contributed by atoms with Crippen molar-refractivity contribution in [2.75, 3.05) is 0 Å². The number of fused-ring (bicyclic) bond motifs is 2. The fourth-order valence-corrected chi connectivity index (χ4v) is 7.63. The molecule has 0 aliphatic heterocycles. The second kappa shape index (κ2) is 5.42. The molecule has 148 valence electrons. The van der Waals surface area contributed by atoms with Crippen LogP contribution in [0, 0.1) is 46.7 Å². The highest BCUT2D eigenvalue weighted by Gasteiger charge is 2.79. The maximum atomic E-state index is 14.3. The Morgan fingerprint density at radius 2 is 1.93 bits per heavy atom. The predicted molar refractivity (Wildman–Crippen MR) is 110 cm³/mol. The predicted octanol–water partition coefficient (Wildman–Crippen LogP) is 5.82. The van der Waals surface area contributed by atoms with E-state index in [1.807, 2.05) is 26.0 Å². The van der Waals surface area contributed by atoms with E-state index in [1.54, 1.807) is 6.07 Å². The van der Waals surface area contributed by atoms with Crippen molar-refractivity contribution in [3.63, 3.8) is 0 Å². The van der Waals surface area contributed by atoms with Gasteiger partial charge in [0.05, 0.1) is 11.0 Å². The van der Waals surface area contributed by atoms with Crippen LogP contribution in [0.15, 0.2) is 24.3 Å². The standard InChI is InChI=1S/C26H25FO2/c1-4-20-22(27)6-5-15-7-19(10-21(14(2)3)23(15)20)29-24(28)25-11-17-8-16-9-18(12-25)26(16,17)13-25/h1,5-7,10,14,16-18H,8-9,11-13H2,2-3H3. The maximum Gasteiger partial charge on any atom is 0.317 e. The first-order chi connectivity index (χ1) is 13.9. The first-order valence-electron chi connectivity index (χ1n) is 10.8. The van der Waals surface area contributed by atoms with Crippen LogP contribution in [0.3, 0.4) is 0 Å². The minimum absolute atomic E-state index is 0.0530. The second-order valence-corrected chi connectivity index (χ2v) is 10.3. The Morgan fingerprint density at radius 1 is 1.21 bits per heavy atom. The van der Waals surface area contributed by atoms with Crippen molar-refractivity contribution in [1.82, 2.24) is 0 Å². The van der Waals surface area contributed by atoms with Crippen molar-refractivity contribution in [3.05, 3.63) is 41.2 Å². The Morgan fingerprint density at radius 3 is 2.52 bits per heavy atom. The molecule has 29 heavy (non-hydrogen) atoms. The number of carbonyl (C=O) groups is 1. The van der Waals surface area contributed by atoms with Crippen LogP contribution in [0.25, 0.3) is 10.8 Å². The molecule has 4 aliphatic carbocycles. The van der Waals surface area contributed by atoms with Gasteiger partial charge in [-0.15, -0.1) is 6.42 Å². The summed E-state index contributed by atoms with van der Waals surface area (Å²) in [5.41, 5.74) is 1.42. The van der Waals surface area contributed by atoms with Gasteiger partial charge in [-0.1, -0.05) is 25.8 Å². The van der Waals surface area contributed by atoms with Crippen molar-refractivity contribution < 1.29 is 13.9 Å². The number of rotatable bonds is 3. The van der Waals surface area contributed by atoms with Gasteiger partial charge in [-0.2, -0.15) is 0 Å². The highest BCUT2D eigenvalue weighted by atomic mass is 19.1. The van der Waals surface area contributed by atoms with Crippen LogP contribution in [0.1, 0.15) is 63.0 Å². The molecule has 0 aromatic heterocycles. The van der Waals surface area contributed by atoms with Crippen LogP contribution < -0.4 is 4.74 Å². The average Bonchev–Trinajstić information content (AvgIpc) is 3.16. The Labute approximate surface area is 170 Å². The molecule has 4 aliphatic rings. The van der Waals surface area contributed by atoms with Crippen molar-refractivity contribution in [2.24, 2.45) is 28.6 Å². The molecule has 0 N–H and O–H groups in total. The molecule has 2 nitrogen and oxygen atoms in total. The lowest BCUT2D eigenvalue weighted by molar-refractivity contribution is -0.179. The van der Waals surface area contributed by atoms with Gasteiger partial charge < -0.3 is 4.74 Å². The van der Waals surface area contributed by atoms with Gasteiger partial charge in [-0.25, -0.2) is 4.39 Å². The van der Waals surface area contributed by atoms with Crippen LogP contribution in [0.4, 0.5) is 4.39 Å². The highest BCUT2D eigenvalue weighted by Crippen LogP contribution is 2.84. The highest BCUT2D eigenvalue weighted by molar-refractivity contribution is 5.93. The summed E-state index contributed by atoms with van der Waals surface area (Å²) in [4.78, 5) is 13.4. The minimum atomic E-state index is -0.387. The zero-order valence-electron chi connectivity index (χ0n) is 16.9. The summed E-state index contributed by atoms with van der Waals surface area (Å²) in [5, 5.41) is 1.57. The van der Waals surface area contributed by atoms with Crippen molar-refractivity contribution in [3.8, 4) is 18.1 Å². The molecule has 0 saturated heterocycles.